The molecular formula is C64H94O9. The van der Waals surface area contributed by atoms with E-state index < -0.39 is 11.8 Å². The fraction of sp³-hybridized carbons (Fsp3) is 0.656. The van der Waals surface area contributed by atoms with Gasteiger partial charge in [0.25, 0.3) is 0 Å². The van der Waals surface area contributed by atoms with Crippen LogP contribution in [0.3, 0.4) is 0 Å². The molecule has 2 aromatic carbocycles. The molecule has 2 saturated heterocycles. The number of hydrogen-bond acceptors (Lipinski definition) is 9. The summed E-state index contributed by atoms with van der Waals surface area (Å²) >= 11 is 0. The Hall–Kier alpha value is -4.50. The largest absolute Gasteiger partial charge is 0.466 e. The molecule has 0 amide bonds. The third-order valence-corrected chi connectivity index (χ3v) is 15.3. The van der Waals surface area contributed by atoms with Crippen LogP contribution in [0, 0.1) is 11.8 Å². The number of epoxide rings is 1. The number of aryl methyl sites for hydroxylation is 2. The zero-order valence-corrected chi connectivity index (χ0v) is 44.9. The molecule has 3 aliphatic rings. The first-order valence-electron chi connectivity index (χ1n) is 29.2. The minimum absolute atomic E-state index is 0.161. The van der Waals surface area contributed by atoms with E-state index in [0.717, 1.165) is 114 Å². The van der Waals surface area contributed by atoms with E-state index in [9.17, 15) is 19.2 Å². The van der Waals surface area contributed by atoms with Crippen molar-refractivity contribution in [2.75, 3.05) is 26.4 Å². The maximum absolute atomic E-state index is 14.3. The molecule has 5 rings (SSSR count). The lowest BCUT2D eigenvalue weighted by atomic mass is 9.52. The Kier molecular flexibility index (Phi) is 29.6. The van der Waals surface area contributed by atoms with Gasteiger partial charge in [-0.1, -0.05) is 176 Å². The SMILES string of the molecule is C=CCCC(=O)OCCCCc1ccc([C@@H]2[C@H]3C(=O)OCCCCCCCCCCCCCCCCCCCCOC(=O)[C@H]3[C@@H]2c2ccc(CCCCOC(=O)CC/C=C/CCC3OC3CCC=C)cc2)cc1. The average Bonchev–Trinajstić information content (AvgIpc) is 4.15. The summed E-state index contributed by atoms with van der Waals surface area (Å²) in [6.45, 7) is 8.98. The number of carbonyl (C=O) groups is 4. The van der Waals surface area contributed by atoms with E-state index in [2.05, 4.69) is 73.8 Å². The van der Waals surface area contributed by atoms with Crippen molar-refractivity contribution in [3.8, 4) is 0 Å². The van der Waals surface area contributed by atoms with Gasteiger partial charge in [0.1, 0.15) is 0 Å². The lowest BCUT2D eigenvalue weighted by Crippen LogP contribution is -2.52. The molecule has 0 aromatic heterocycles. The van der Waals surface area contributed by atoms with Crippen molar-refractivity contribution in [2.24, 2.45) is 11.8 Å². The number of fused-ring (bicyclic) bond motifs is 1. The van der Waals surface area contributed by atoms with Gasteiger partial charge in [-0.15, -0.1) is 13.2 Å². The fourth-order valence-corrected chi connectivity index (χ4v) is 10.8. The first-order chi connectivity index (χ1) is 35.9. The number of ether oxygens (including phenoxy) is 5. The normalized spacial score (nSPS) is 23.2. The maximum atomic E-state index is 14.3. The van der Waals surface area contributed by atoms with Gasteiger partial charge in [0, 0.05) is 24.7 Å². The molecule has 1 aliphatic carbocycles. The summed E-state index contributed by atoms with van der Waals surface area (Å²) < 4.78 is 28.8. The van der Waals surface area contributed by atoms with Crippen LogP contribution < -0.4 is 0 Å². The van der Waals surface area contributed by atoms with Gasteiger partial charge in [0.2, 0.25) is 0 Å². The van der Waals surface area contributed by atoms with Crippen molar-refractivity contribution in [3.63, 3.8) is 0 Å². The Bertz CT molecular complexity index is 1900. The van der Waals surface area contributed by atoms with Crippen molar-refractivity contribution in [3.05, 3.63) is 108 Å². The first kappa shape index (κ1) is 59.4. The standard InChI is InChI=1S/C64H94O9/c1-3-5-35-55-56(73-55)36-25-21-22-26-38-58(66)70-48-32-28-34-52-41-45-54(46-42-52)60-59(53-43-39-51(40-44-53)33-27-31-47-69-57(65)37-6-4-2)61-62(60)64(68)72-50-30-24-20-18-16-14-12-10-8-7-9-11-13-15-17-19-23-29-49-71-63(61)67/h3-4,21-22,39-46,55-56,59-62H,1-2,5-20,23-38,47-50H2/b22-21+/t55?,56?,59-,60+,61+,62-/m0/s1. The van der Waals surface area contributed by atoms with Gasteiger partial charge in [-0.05, 0) is 112 Å². The van der Waals surface area contributed by atoms with Crippen LogP contribution >= 0.6 is 0 Å². The van der Waals surface area contributed by atoms with E-state index in [1.54, 1.807) is 6.08 Å². The summed E-state index contributed by atoms with van der Waals surface area (Å²) in [5.74, 6) is -2.78. The van der Waals surface area contributed by atoms with E-state index in [4.69, 9.17) is 23.7 Å². The van der Waals surface area contributed by atoms with Crippen molar-refractivity contribution < 1.29 is 42.9 Å². The molecule has 0 radical (unpaired) electrons. The molecule has 1 saturated carbocycles. The predicted octanol–water partition coefficient (Wildman–Crippen LogP) is 15.5. The van der Waals surface area contributed by atoms with Crippen molar-refractivity contribution in [2.45, 2.75) is 230 Å². The lowest BCUT2D eigenvalue weighted by molar-refractivity contribution is -0.172. The third-order valence-electron chi connectivity index (χ3n) is 15.3. The zero-order chi connectivity index (χ0) is 51.6. The molecule has 0 spiro atoms. The third kappa shape index (κ3) is 23.3. The summed E-state index contributed by atoms with van der Waals surface area (Å²) in [5, 5.41) is 0. The topological polar surface area (TPSA) is 118 Å². The summed E-state index contributed by atoms with van der Waals surface area (Å²) in [4.78, 5) is 53.0. The molecule has 404 valence electrons. The van der Waals surface area contributed by atoms with E-state index in [0.29, 0.717) is 64.3 Å². The predicted molar refractivity (Wildman–Crippen MR) is 293 cm³/mol. The van der Waals surface area contributed by atoms with Crippen LogP contribution in [0.2, 0.25) is 0 Å². The van der Waals surface area contributed by atoms with Gasteiger partial charge >= 0.3 is 23.9 Å². The number of unbranched alkanes of at least 4 members (excludes halogenated alkanes) is 2. The lowest BCUT2D eigenvalue weighted by Gasteiger charge is -2.49. The molecule has 3 fully saturated rings. The Morgan fingerprint density at radius 1 is 0.466 bits per heavy atom. The highest BCUT2D eigenvalue weighted by atomic mass is 16.6. The first-order valence-corrected chi connectivity index (χ1v) is 29.2. The summed E-state index contributed by atoms with van der Waals surface area (Å²) in [6, 6.07) is 17.0. The van der Waals surface area contributed by atoms with Crippen LogP contribution in [0.1, 0.15) is 227 Å². The molecule has 6 atom stereocenters. The average molecular weight is 1010 g/mol. The van der Waals surface area contributed by atoms with Crippen LogP contribution in [0.25, 0.3) is 0 Å². The number of carbonyl (C=O) groups excluding carboxylic acids is 4. The molecule has 2 unspecified atom stereocenters. The number of cyclic esters (lactones) is 2. The highest BCUT2D eigenvalue weighted by Gasteiger charge is 2.59. The molecule has 73 heavy (non-hydrogen) atoms. The number of rotatable bonds is 24. The van der Waals surface area contributed by atoms with Gasteiger partial charge < -0.3 is 23.7 Å². The number of allylic oxidation sites excluding steroid dienone is 4. The monoisotopic (exact) mass is 1010 g/mol. The molecule has 2 aliphatic heterocycles. The number of hydrogen-bond donors (Lipinski definition) is 0. The van der Waals surface area contributed by atoms with Crippen molar-refractivity contribution in [1.29, 1.82) is 0 Å². The van der Waals surface area contributed by atoms with E-state index in [1.807, 2.05) is 6.08 Å². The van der Waals surface area contributed by atoms with E-state index in [-0.39, 0.29) is 35.7 Å². The minimum atomic E-state index is -0.654. The smallest absolute Gasteiger partial charge is 0.310 e. The number of esters is 4. The zero-order valence-electron chi connectivity index (χ0n) is 44.9. The van der Waals surface area contributed by atoms with Crippen LogP contribution in [0.5, 0.6) is 0 Å². The van der Waals surface area contributed by atoms with Crippen LogP contribution in [-0.2, 0) is 55.7 Å². The fourth-order valence-electron chi connectivity index (χ4n) is 10.8. The van der Waals surface area contributed by atoms with Crippen molar-refractivity contribution in [1.82, 2.24) is 0 Å². The Morgan fingerprint density at radius 3 is 1.25 bits per heavy atom. The van der Waals surface area contributed by atoms with Crippen molar-refractivity contribution >= 4 is 23.9 Å². The Balaban J connectivity index is 1.19. The van der Waals surface area contributed by atoms with Gasteiger partial charge in [-0.3, -0.25) is 19.2 Å². The van der Waals surface area contributed by atoms with E-state index in [1.165, 1.54) is 88.2 Å². The second-order valence-corrected chi connectivity index (χ2v) is 21.1. The molecule has 2 aromatic rings. The van der Waals surface area contributed by atoms with Gasteiger partial charge in [0.05, 0.1) is 50.5 Å². The van der Waals surface area contributed by atoms with Crippen LogP contribution in [0.15, 0.2) is 86.0 Å². The highest BCUT2D eigenvalue weighted by Crippen LogP contribution is 2.59. The molecule has 9 nitrogen and oxygen atoms in total. The van der Waals surface area contributed by atoms with E-state index >= 15 is 0 Å². The highest BCUT2D eigenvalue weighted by molar-refractivity contribution is 5.87. The van der Waals surface area contributed by atoms with Crippen LogP contribution in [-0.4, -0.2) is 62.5 Å². The maximum Gasteiger partial charge on any atom is 0.310 e. The summed E-state index contributed by atoms with van der Waals surface area (Å²) in [7, 11) is 0. The number of benzene rings is 2. The second-order valence-electron chi connectivity index (χ2n) is 21.1. The molecule has 9 heteroatoms. The minimum Gasteiger partial charge on any atom is -0.466 e. The molecule has 0 N–H and O–H groups in total. The Morgan fingerprint density at radius 2 is 0.836 bits per heavy atom. The summed E-state index contributed by atoms with van der Waals surface area (Å²) in [6.07, 6.45) is 41.4. The quantitative estimate of drug-likeness (QED) is 0.0333. The summed E-state index contributed by atoms with van der Waals surface area (Å²) in [5.41, 5.74) is 4.38. The molecular weight excluding hydrogens is 913 g/mol. The second kappa shape index (κ2) is 36.4. The van der Waals surface area contributed by atoms with Gasteiger partial charge in [-0.25, -0.2) is 0 Å². The molecule has 2 heterocycles. The van der Waals surface area contributed by atoms with Crippen LogP contribution in [0.4, 0.5) is 0 Å². The van der Waals surface area contributed by atoms with Gasteiger partial charge in [0.15, 0.2) is 0 Å². The molecule has 0 bridgehead atoms. The Labute approximate surface area is 441 Å². The van der Waals surface area contributed by atoms with Gasteiger partial charge in [-0.2, -0.15) is 0 Å².